The highest BCUT2D eigenvalue weighted by Crippen LogP contribution is 2.31. The Balaban J connectivity index is 1.48. The summed E-state index contributed by atoms with van der Waals surface area (Å²) in [6, 6.07) is 18.6. The van der Waals surface area contributed by atoms with Crippen molar-refractivity contribution in [3.63, 3.8) is 0 Å². The molecule has 0 radical (unpaired) electrons. The van der Waals surface area contributed by atoms with E-state index in [-0.39, 0.29) is 18.4 Å². The van der Waals surface area contributed by atoms with Gasteiger partial charge in [0.1, 0.15) is 0 Å². The lowest BCUT2D eigenvalue weighted by Crippen LogP contribution is -2.48. The van der Waals surface area contributed by atoms with E-state index in [0.717, 1.165) is 17.0 Å². The molecule has 37 heavy (non-hydrogen) atoms. The topological polar surface area (TPSA) is 142 Å². The van der Waals surface area contributed by atoms with Crippen LogP contribution in [0.15, 0.2) is 77.5 Å². The summed E-state index contributed by atoms with van der Waals surface area (Å²) >= 11 is 0. The van der Waals surface area contributed by atoms with Gasteiger partial charge in [0.2, 0.25) is 11.8 Å². The van der Waals surface area contributed by atoms with Crippen LogP contribution in [0.2, 0.25) is 0 Å². The number of nitrogens with two attached hydrogens (primary N) is 1. The van der Waals surface area contributed by atoms with Crippen molar-refractivity contribution in [2.45, 2.75) is 25.9 Å². The first kappa shape index (κ1) is 22.4. The summed E-state index contributed by atoms with van der Waals surface area (Å²) < 4.78 is 8.46. The van der Waals surface area contributed by atoms with Crippen LogP contribution in [0.1, 0.15) is 23.9 Å². The number of anilines is 1. The molecule has 5 aromatic heterocycles. The van der Waals surface area contributed by atoms with Crippen molar-refractivity contribution < 1.29 is 9.21 Å². The number of fused-ring (bicyclic) bond motifs is 3. The third kappa shape index (κ3) is 3.68. The Kier molecular flexibility index (Phi) is 5.18. The SMILES string of the molecule is Cc1cccc(CNC(=O)C(C)(c2ccccc2)n2ncc3c2nc(N)n2nc(-c4ccco4)nc32)n1. The first-order valence-electron chi connectivity index (χ1n) is 11.7. The minimum Gasteiger partial charge on any atom is -0.461 e. The molecule has 0 spiro atoms. The number of nitrogen functional groups attached to an aromatic ring is 1. The average molecular weight is 494 g/mol. The van der Waals surface area contributed by atoms with Crippen molar-refractivity contribution in [1.29, 1.82) is 0 Å². The molecule has 184 valence electrons. The van der Waals surface area contributed by atoms with Gasteiger partial charge in [0.25, 0.3) is 5.91 Å². The number of nitrogens with one attached hydrogen (secondary N) is 1. The molecule has 0 saturated heterocycles. The Bertz CT molecular complexity index is 1740. The van der Waals surface area contributed by atoms with Crippen LogP contribution in [0, 0.1) is 6.92 Å². The molecule has 6 aromatic rings. The van der Waals surface area contributed by atoms with Gasteiger partial charge >= 0.3 is 0 Å². The monoisotopic (exact) mass is 493 g/mol. The van der Waals surface area contributed by atoms with Crippen molar-refractivity contribution >= 4 is 28.5 Å². The summed E-state index contributed by atoms with van der Waals surface area (Å²) in [5, 5.41) is 12.7. The molecule has 0 saturated carbocycles. The van der Waals surface area contributed by atoms with Crippen LogP contribution in [0.3, 0.4) is 0 Å². The number of nitrogens with zero attached hydrogens (tertiary/aromatic N) is 7. The lowest BCUT2D eigenvalue weighted by atomic mass is 9.91. The Morgan fingerprint density at radius 1 is 1.03 bits per heavy atom. The minimum absolute atomic E-state index is 0.106. The minimum atomic E-state index is -1.26. The molecule has 11 heteroatoms. The lowest BCUT2D eigenvalue weighted by molar-refractivity contribution is -0.127. The number of benzene rings is 1. The van der Waals surface area contributed by atoms with Gasteiger partial charge in [-0.1, -0.05) is 36.4 Å². The van der Waals surface area contributed by atoms with Gasteiger partial charge < -0.3 is 15.5 Å². The lowest BCUT2D eigenvalue weighted by Gasteiger charge is -2.29. The van der Waals surface area contributed by atoms with Gasteiger partial charge in [-0.15, -0.1) is 5.10 Å². The molecule has 11 nitrogen and oxygen atoms in total. The van der Waals surface area contributed by atoms with E-state index in [2.05, 4.69) is 30.5 Å². The summed E-state index contributed by atoms with van der Waals surface area (Å²) in [4.78, 5) is 27.6. The Morgan fingerprint density at radius 3 is 2.62 bits per heavy atom. The summed E-state index contributed by atoms with van der Waals surface area (Å²) in [5.41, 5.74) is 8.26. The van der Waals surface area contributed by atoms with Crippen LogP contribution in [0.5, 0.6) is 0 Å². The highest BCUT2D eigenvalue weighted by molar-refractivity contribution is 5.94. The number of furan rings is 1. The molecule has 0 aliphatic rings. The van der Waals surface area contributed by atoms with Crippen molar-refractivity contribution in [3.05, 3.63) is 90.1 Å². The Hall–Kier alpha value is -5.06. The van der Waals surface area contributed by atoms with Crippen LogP contribution in [0.25, 0.3) is 28.3 Å². The second-order valence-electron chi connectivity index (χ2n) is 8.80. The van der Waals surface area contributed by atoms with E-state index < -0.39 is 5.54 Å². The summed E-state index contributed by atoms with van der Waals surface area (Å²) in [7, 11) is 0. The Morgan fingerprint density at radius 2 is 1.86 bits per heavy atom. The van der Waals surface area contributed by atoms with Gasteiger partial charge in [0.15, 0.2) is 22.6 Å². The zero-order valence-electron chi connectivity index (χ0n) is 20.2. The van der Waals surface area contributed by atoms with Crippen molar-refractivity contribution in [1.82, 2.24) is 39.7 Å². The number of rotatable bonds is 6. The third-order valence-electron chi connectivity index (χ3n) is 6.35. The van der Waals surface area contributed by atoms with E-state index in [4.69, 9.17) is 10.2 Å². The predicted molar refractivity (Wildman–Crippen MR) is 136 cm³/mol. The first-order valence-corrected chi connectivity index (χ1v) is 11.7. The van der Waals surface area contributed by atoms with Crippen LogP contribution in [-0.4, -0.2) is 40.3 Å². The number of pyridine rings is 1. The number of carbonyl (C=O) groups excluding carboxylic acids is 1. The van der Waals surface area contributed by atoms with Gasteiger partial charge in [-0.25, -0.2) is 9.67 Å². The van der Waals surface area contributed by atoms with Crippen molar-refractivity contribution in [2.24, 2.45) is 0 Å². The average Bonchev–Trinajstić information content (AvgIpc) is 3.67. The predicted octanol–water partition coefficient (Wildman–Crippen LogP) is 3.10. The molecule has 1 amide bonds. The second-order valence-corrected chi connectivity index (χ2v) is 8.80. The normalized spacial score (nSPS) is 13.1. The number of hydrogen-bond donors (Lipinski definition) is 2. The van der Waals surface area contributed by atoms with Gasteiger partial charge in [-0.05, 0) is 43.7 Å². The molecule has 1 unspecified atom stereocenters. The van der Waals surface area contributed by atoms with E-state index >= 15 is 0 Å². The van der Waals surface area contributed by atoms with Gasteiger partial charge in [-0.3, -0.25) is 9.78 Å². The molecular weight excluding hydrogens is 470 g/mol. The second kappa shape index (κ2) is 8.55. The van der Waals surface area contributed by atoms with E-state index in [0.29, 0.717) is 28.3 Å². The van der Waals surface area contributed by atoms with Crippen LogP contribution < -0.4 is 11.1 Å². The maximum absolute atomic E-state index is 13.9. The number of amides is 1. The summed E-state index contributed by atoms with van der Waals surface area (Å²) in [6.07, 6.45) is 3.17. The maximum atomic E-state index is 13.9. The zero-order valence-corrected chi connectivity index (χ0v) is 20.2. The molecular formula is C26H23N9O2. The highest BCUT2D eigenvalue weighted by Gasteiger charge is 2.40. The van der Waals surface area contributed by atoms with Crippen molar-refractivity contribution in [2.75, 3.05) is 5.73 Å². The zero-order chi connectivity index (χ0) is 25.6. The van der Waals surface area contributed by atoms with E-state index in [9.17, 15) is 4.79 Å². The quantitative estimate of drug-likeness (QED) is 0.360. The number of aryl methyl sites for hydroxylation is 1. The number of aromatic nitrogens is 7. The molecule has 0 fully saturated rings. The summed E-state index contributed by atoms with van der Waals surface area (Å²) in [6.45, 7) is 3.97. The first-order chi connectivity index (χ1) is 17.9. The third-order valence-corrected chi connectivity index (χ3v) is 6.35. The fourth-order valence-corrected chi connectivity index (χ4v) is 4.40. The molecule has 5 heterocycles. The largest absolute Gasteiger partial charge is 0.461 e. The number of hydrogen-bond acceptors (Lipinski definition) is 8. The molecule has 0 bridgehead atoms. The highest BCUT2D eigenvalue weighted by atomic mass is 16.3. The fraction of sp³-hybridized carbons (Fsp3) is 0.154. The molecule has 1 atom stereocenters. The van der Waals surface area contributed by atoms with Crippen LogP contribution in [-0.2, 0) is 16.9 Å². The van der Waals surface area contributed by atoms with E-state index in [1.807, 2.05) is 55.5 Å². The van der Waals surface area contributed by atoms with Crippen molar-refractivity contribution in [3.8, 4) is 11.6 Å². The molecule has 1 aromatic carbocycles. The van der Waals surface area contributed by atoms with Gasteiger partial charge in [0, 0.05) is 5.69 Å². The van der Waals surface area contributed by atoms with Gasteiger partial charge in [-0.2, -0.15) is 14.6 Å². The molecule has 6 rings (SSSR count). The smallest absolute Gasteiger partial charge is 0.252 e. The van der Waals surface area contributed by atoms with Crippen LogP contribution in [0.4, 0.5) is 5.95 Å². The fourth-order valence-electron chi connectivity index (χ4n) is 4.40. The maximum Gasteiger partial charge on any atom is 0.252 e. The van der Waals surface area contributed by atoms with E-state index in [1.165, 1.54) is 4.52 Å². The molecule has 0 aliphatic heterocycles. The molecule has 3 N–H and O–H groups in total. The standard InChI is InChI=1S/C26H23N9O2/c1-16-8-6-11-18(30-16)14-28-24(36)26(2,17-9-4-3-5-10-17)35-23-19(15-29-35)22-31-21(20-12-7-13-37-20)33-34(22)25(27)32-23/h3-13,15H,14H2,1-2H3,(H2,27,32)(H,28,36). The number of carbonyl (C=O) groups is 1. The van der Waals surface area contributed by atoms with Crippen LogP contribution >= 0.6 is 0 Å². The van der Waals surface area contributed by atoms with Gasteiger partial charge in [0.05, 0.1) is 30.1 Å². The molecule has 0 aliphatic carbocycles. The summed E-state index contributed by atoms with van der Waals surface area (Å²) in [5.74, 6) is 0.703. The van der Waals surface area contributed by atoms with E-state index in [1.54, 1.807) is 36.2 Å². The Labute approximate surface area is 211 Å².